The van der Waals surface area contributed by atoms with Crippen LogP contribution in [0, 0.1) is 5.92 Å². The highest BCUT2D eigenvalue weighted by Crippen LogP contribution is 2.17. The Labute approximate surface area is 96.5 Å². The smallest absolute Gasteiger partial charge is 0.309 e. The largest absolute Gasteiger partial charge is 0.469 e. The van der Waals surface area contributed by atoms with Gasteiger partial charge < -0.3 is 9.64 Å². The molecule has 0 unspecified atom stereocenters. The molecule has 88 valence electrons. The lowest BCUT2D eigenvalue weighted by atomic mass is 9.98. The predicted molar refractivity (Wildman–Crippen MR) is 64.2 cm³/mol. The maximum atomic E-state index is 11.4. The van der Waals surface area contributed by atoms with Gasteiger partial charge >= 0.3 is 5.97 Å². The first-order valence-electron chi connectivity index (χ1n) is 5.57. The van der Waals surface area contributed by atoms with Gasteiger partial charge in [-0.3, -0.25) is 4.79 Å². The van der Waals surface area contributed by atoms with Crippen molar-refractivity contribution in [3.05, 3.63) is 0 Å². The molecule has 0 spiro atoms. The van der Waals surface area contributed by atoms with Gasteiger partial charge in [0.15, 0.2) is 0 Å². The third kappa shape index (κ3) is 4.43. The van der Waals surface area contributed by atoms with Crippen LogP contribution in [0.3, 0.4) is 0 Å². The SMILES string of the molecule is COC(=O)[C@H]1CCCN(CCCSC)C1. The first-order chi connectivity index (χ1) is 7.27. The quantitative estimate of drug-likeness (QED) is 0.531. The Morgan fingerprint density at radius 1 is 1.60 bits per heavy atom. The monoisotopic (exact) mass is 231 g/mol. The van der Waals surface area contributed by atoms with Crippen LogP contribution < -0.4 is 0 Å². The van der Waals surface area contributed by atoms with Crippen molar-refractivity contribution < 1.29 is 9.53 Å². The zero-order chi connectivity index (χ0) is 11.1. The molecule has 1 rings (SSSR count). The Morgan fingerprint density at radius 2 is 2.40 bits per heavy atom. The first-order valence-corrected chi connectivity index (χ1v) is 6.96. The standard InChI is InChI=1S/C11H21NO2S/c1-14-11(13)10-5-3-6-12(9-10)7-4-8-15-2/h10H,3-9H2,1-2H3/t10-/m0/s1. The highest BCUT2D eigenvalue weighted by Gasteiger charge is 2.25. The zero-order valence-electron chi connectivity index (χ0n) is 9.70. The summed E-state index contributed by atoms with van der Waals surface area (Å²) in [5, 5.41) is 0. The van der Waals surface area contributed by atoms with Crippen molar-refractivity contribution in [2.45, 2.75) is 19.3 Å². The number of carbonyl (C=O) groups is 1. The highest BCUT2D eigenvalue weighted by atomic mass is 32.2. The van der Waals surface area contributed by atoms with E-state index in [1.54, 1.807) is 0 Å². The third-order valence-corrected chi connectivity index (χ3v) is 3.56. The highest BCUT2D eigenvalue weighted by molar-refractivity contribution is 7.98. The van der Waals surface area contributed by atoms with E-state index in [4.69, 9.17) is 4.74 Å². The van der Waals surface area contributed by atoms with Crippen LogP contribution in [-0.2, 0) is 9.53 Å². The minimum absolute atomic E-state index is 0.0374. The summed E-state index contributed by atoms with van der Waals surface area (Å²) in [5.41, 5.74) is 0. The van der Waals surface area contributed by atoms with Gasteiger partial charge in [-0.15, -0.1) is 0 Å². The Morgan fingerprint density at radius 3 is 3.07 bits per heavy atom. The molecule has 3 nitrogen and oxygen atoms in total. The summed E-state index contributed by atoms with van der Waals surface area (Å²) in [6, 6.07) is 0. The average Bonchev–Trinajstić information content (AvgIpc) is 2.29. The molecular weight excluding hydrogens is 210 g/mol. The van der Waals surface area contributed by atoms with E-state index in [0.717, 1.165) is 32.5 Å². The number of piperidine rings is 1. The Balaban J connectivity index is 2.26. The fourth-order valence-electron chi connectivity index (χ4n) is 2.05. The number of esters is 1. The van der Waals surface area contributed by atoms with Crippen LogP contribution in [0.2, 0.25) is 0 Å². The summed E-state index contributed by atoms with van der Waals surface area (Å²) in [6.45, 7) is 3.15. The van der Waals surface area contributed by atoms with E-state index in [9.17, 15) is 4.79 Å². The van der Waals surface area contributed by atoms with Crippen LogP contribution >= 0.6 is 11.8 Å². The van der Waals surface area contributed by atoms with E-state index < -0.39 is 0 Å². The molecule has 0 aromatic rings. The molecule has 0 bridgehead atoms. The number of ether oxygens (including phenoxy) is 1. The molecule has 0 amide bonds. The molecule has 0 aromatic heterocycles. The van der Waals surface area contributed by atoms with Crippen molar-refractivity contribution in [2.75, 3.05) is 38.8 Å². The molecule has 1 saturated heterocycles. The summed E-state index contributed by atoms with van der Waals surface area (Å²) >= 11 is 1.88. The number of likely N-dealkylation sites (tertiary alicyclic amines) is 1. The molecule has 1 heterocycles. The van der Waals surface area contributed by atoms with E-state index in [0.29, 0.717) is 0 Å². The fourth-order valence-corrected chi connectivity index (χ4v) is 2.47. The minimum Gasteiger partial charge on any atom is -0.469 e. The van der Waals surface area contributed by atoms with Crippen molar-refractivity contribution >= 4 is 17.7 Å². The molecule has 0 N–H and O–H groups in total. The molecule has 1 aliphatic heterocycles. The molecule has 1 fully saturated rings. The van der Waals surface area contributed by atoms with Crippen molar-refractivity contribution in [3.63, 3.8) is 0 Å². The number of nitrogens with zero attached hydrogens (tertiary/aromatic N) is 1. The first kappa shape index (κ1) is 12.8. The fraction of sp³-hybridized carbons (Fsp3) is 0.909. The van der Waals surface area contributed by atoms with Crippen LogP contribution in [0.15, 0.2) is 0 Å². The number of carbonyl (C=O) groups excluding carboxylic acids is 1. The predicted octanol–water partition coefficient (Wildman–Crippen LogP) is 1.62. The van der Waals surface area contributed by atoms with E-state index in [-0.39, 0.29) is 11.9 Å². The zero-order valence-corrected chi connectivity index (χ0v) is 10.5. The maximum absolute atomic E-state index is 11.4. The Bertz CT molecular complexity index is 199. The number of hydrogen-bond donors (Lipinski definition) is 0. The van der Waals surface area contributed by atoms with Crippen molar-refractivity contribution in [1.82, 2.24) is 4.90 Å². The van der Waals surface area contributed by atoms with Crippen LogP contribution in [-0.4, -0.2) is 49.6 Å². The Hall–Kier alpha value is -0.220. The van der Waals surface area contributed by atoms with Gasteiger partial charge in [0, 0.05) is 6.54 Å². The van der Waals surface area contributed by atoms with Gasteiger partial charge in [-0.05, 0) is 44.4 Å². The molecule has 1 atom stereocenters. The summed E-state index contributed by atoms with van der Waals surface area (Å²) in [7, 11) is 1.48. The summed E-state index contributed by atoms with van der Waals surface area (Å²) < 4.78 is 4.79. The van der Waals surface area contributed by atoms with E-state index in [1.165, 1.54) is 19.3 Å². The minimum atomic E-state index is -0.0374. The van der Waals surface area contributed by atoms with Gasteiger partial charge in [-0.1, -0.05) is 0 Å². The van der Waals surface area contributed by atoms with Gasteiger partial charge in [-0.25, -0.2) is 0 Å². The maximum Gasteiger partial charge on any atom is 0.309 e. The van der Waals surface area contributed by atoms with Gasteiger partial charge in [0.2, 0.25) is 0 Å². The number of hydrogen-bond acceptors (Lipinski definition) is 4. The van der Waals surface area contributed by atoms with Gasteiger partial charge in [-0.2, -0.15) is 11.8 Å². The van der Waals surface area contributed by atoms with Crippen LogP contribution in [0.25, 0.3) is 0 Å². The summed E-state index contributed by atoms with van der Waals surface area (Å²) in [5.74, 6) is 1.28. The van der Waals surface area contributed by atoms with Crippen molar-refractivity contribution in [1.29, 1.82) is 0 Å². The molecule has 15 heavy (non-hydrogen) atoms. The van der Waals surface area contributed by atoms with Gasteiger partial charge in [0.05, 0.1) is 13.0 Å². The molecule has 0 saturated carbocycles. The van der Waals surface area contributed by atoms with Crippen LogP contribution in [0.4, 0.5) is 0 Å². The van der Waals surface area contributed by atoms with Gasteiger partial charge in [0.1, 0.15) is 0 Å². The second-order valence-electron chi connectivity index (χ2n) is 4.01. The summed E-state index contributed by atoms with van der Waals surface area (Å²) in [4.78, 5) is 13.8. The number of thioether (sulfide) groups is 1. The van der Waals surface area contributed by atoms with Crippen LogP contribution in [0.5, 0.6) is 0 Å². The van der Waals surface area contributed by atoms with E-state index in [1.807, 2.05) is 11.8 Å². The summed E-state index contributed by atoms with van der Waals surface area (Å²) in [6.07, 6.45) is 5.47. The Kier molecular flexibility index (Phi) is 6.10. The number of methoxy groups -OCH3 is 1. The van der Waals surface area contributed by atoms with E-state index in [2.05, 4.69) is 11.2 Å². The van der Waals surface area contributed by atoms with Gasteiger partial charge in [0.25, 0.3) is 0 Å². The second-order valence-corrected chi connectivity index (χ2v) is 4.99. The van der Waals surface area contributed by atoms with Crippen molar-refractivity contribution in [3.8, 4) is 0 Å². The van der Waals surface area contributed by atoms with E-state index >= 15 is 0 Å². The second kappa shape index (κ2) is 7.12. The van der Waals surface area contributed by atoms with Crippen LogP contribution in [0.1, 0.15) is 19.3 Å². The number of rotatable bonds is 5. The lowest BCUT2D eigenvalue weighted by Gasteiger charge is -2.31. The lowest BCUT2D eigenvalue weighted by molar-refractivity contribution is -0.147. The normalized spacial score (nSPS) is 22.7. The molecule has 1 aliphatic rings. The molecule has 0 radical (unpaired) electrons. The average molecular weight is 231 g/mol. The lowest BCUT2D eigenvalue weighted by Crippen LogP contribution is -2.39. The third-order valence-electron chi connectivity index (χ3n) is 2.86. The molecule has 0 aromatic carbocycles. The molecule has 4 heteroatoms. The van der Waals surface area contributed by atoms with Crippen molar-refractivity contribution in [2.24, 2.45) is 5.92 Å². The molecule has 0 aliphatic carbocycles. The molecular formula is C11H21NO2S. The topological polar surface area (TPSA) is 29.5 Å².